The maximum absolute atomic E-state index is 12.4. The van der Waals surface area contributed by atoms with Gasteiger partial charge in [0, 0.05) is 10.8 Å². The van der Waals surface area contributed by atoms with Crippen LogP contribution in [0.2, 0.25) is 0 Å². The first kappa shape index (κ1) is 22.6. The van der Waals surface area contributed by atoms with E-state index in [1.807, 2.05) is 13.8 Å². The van der Waals surface area contributed by atoms with Gasteiger partial charge >= 0.3 is 0 Å². The van der Waals surface area contributed by atoms with E-state index >= 15 is 0 Å². The second-order valence-corrected chi connectivity index (χ2v) is 11.4. The highest BCUT2D eigenvalue weighted by atomic mass is 32.2. The highest BCUT2D eigenvalue weighted by Crippen LogP contribution is 2.27. The lowest BCUT2D eigenvalue weighted by Gasteiger charge is -2.35. The maximum Gasteiger partial charge on any atom is 0.179 e. The summed E-state index contributed by atoms with van der Waals surface area (Å²) in [5, 5.41) is 0. The average molecular weight is 403 g/mol. The van der Waals surface area contributed by atoms with Crippen LogP contribution in [0.15, 0.2) is 23.3 Å². The summed E-state index contributed by atoms with van der Waals surface area (Å²) in [6.07, 6.45) is 2.44. The summed E-state index contributed by atoms with van der Waals surface area (Å²) >= 11 is 0. The van der Waals surface area contributed by atoms with E-state index in [-0.39, 0.29) is 22.3 Å². The van der Waals surface area contributed by atoms with Crippen molar-refractivity contribution in [2.45, 2.75) is 54.1 Å². The Hall–Kier alpha value is -0.730. The number of hydrogen-bond acceptors (Lipinski definition) is 6. The topological polar surface area (TPSA) is 71.1 Å². The van der Waals surface area contributed by atoms with Gasteiger partial charge in [-0.2, -0.15) is 0 Å². The molecule has 0 unspecified atom stereocenters. The van der Waals surface area contributed by atoms with Gasteiger partial charge in [-0.05, 0) is 25.0 Å². The molecule has 0 aromatic rings. The second kappa shape index (κ2) is 8.74. The Morgan fingerprint density at radius 1 is 0.778 bits per heavy atom. The predicted molar refractivity (Wildman–Crippen MR) is 105 cm³/mol. The summed E-state index contributed by atoms with van der Waals surface area (Å²) in [7, 11) is -3.27. The lowest BCUT2D eigenvalue weighted by Crippen LogP contribution is -2.38. The molecule has 0 spiro atoms. The van der Waals surface area contributed by atoms with Crippen molar-refractivity contribution >= 4 is 9.84 Å². The summed E-state index contributed by atoms with van der Waals surface area (Å²) in [6, 6.07) is 0. The molecule has 2 heterocycles. The zero-order valence-electron chi connectivity index (χ0n) is 17.4. The van der Waals surface area contributed by atoms with Gasteiger partial charge in [0.05, 0.1) is 37.9 Å². The molecule has 2 saturated heterocycles. The second-order valence-electron chi connectivity index (χ2n) is 9.21. The Balaban J connectivity index is 1.85. The van der Waals surface area contributed by atoms with Crippen molar-refractivity contribution in [1.82, 2.24) is 0 Å². The molecule has 7 heteroatoms. The van der Waals surface area contributed by atoms with Crippen LogP contribution in [0.5, 0.6) is 0 Å². The molecule has 0 aliphatic carbocycles. The molecule has 6 nitrogen and oxygen atoms in total. The number of hydrogen-bond donors (Lipinski definition) is 0. The summed E-state index contributed by atoms with van der Waals surface area (Å²) < 4.78 is 47.5. The molecule has 2 aliphatic heterocycles. The molecule has 0 aromatic carbocycles. The quantitative estimate of drug-likeness (QED) is 0.636. The van der Waals surface area contributed by atoms with E-state index in [2.05, 4.69) is 27.7 Å². The van der Waals surface area contributed by atoms with Gasteiger partial charge in [-0.1, -0.05) is 39.8 Å². The Kier molecular flexibility index (Phi) is 7.30. The van der Waals surface area contributed by atoms with Crippen molar-refractivity contribution in [2.75, 3.05) is 37.9 Å². The van der Waals surface area contributed by atoms with Crippen LogP contribution in [0.25, 0.3) is 0 Å². The summed E-state index contributed by atoms with van der Waals surface area (Å²) in [5.41, 5.74) is 1.56. The lowest BCUT2D eigenvalue weighted by molar-refractivity contribution is -0.202. The van der Waals surface area contributed by atoms with Crippen LogP contribution < -0.4 is 0 Å². The van der Waals surface area contributed by atoms with Crippen LogP contribution in [-0.2, 0) is 28.8 Å². The lowest BCUT2D eigenvalue weighted by atomic mass is 9.95. The van der Waals surface area contributed by atoms with Gasteiger partial charge in [0.15, 0.2) is 22.4 Å². The monoisotopic (exact) mass is 402 g/mol. The normalized spacial score (nSPS) is 25.6. The number of sulfone groups is 1. The molecule has 0 aromatic heterocycles. The molecule has 156 valence electrons. The highest BCUT2D eigenvalue weighted by Gasteiger charge is 2.30. The Bertz CT molecular complexity index is 603. The van der Waals surface area contributed by atoms with E-state index in [0.717, 1.165) is 11.1 Å². The van der Waals surface area contributed by atoms with Crippen molar-refractivity contribution in [3.05, 3.63) is 23.3 Å². The molecular weight excluding hydrogens is 368 g/mol. The van der Waals surface area contributed by atoms with Crippen molar-refractivity contribution < 1.29 is 27.4 Å². The summed E-state index contributed by atoms with van der Waals surface area (Å²) in [6.45, 7) is 14.3. The van der Waals surface area contributed by atoms with Crippen LogP contribution in [-0.4, -0.2) is 58.9 Å². The van der Waals surface area contributed by atoms with Crippen molar-refractivity contribution in [3.8, 4) is 0 Å². The van der Waals surface area contributed by atoms with Crippen molar-refractivity contribution in [1.29, 1.82) is 0 Å². The summed E-state index contributed by atoms with van der Waals surface area (Å²) in [4.78, 5) is 0. The fourth-order valence-electron chi connectivity index (χ4n) is 2.69. The minimum atomic E-state index is -3.27. The molecule has 0 N–H and O–H groups in total. The average Bonchev–Trinajstić information content (AvgIpc) is 2.58. The van der Waals surface area contributed by atoms with Gasteiger partial charge in [-0.25, -0.2) is 8.42 Å². The summed E-state index contributed by atoms with van der Waals surface area (Å²) in [5.74, 6) is -0.0940. The third kappa shape index (κ3) is 7.31. The number of ether oxygens (including phenoxy) is 4. The Labute approximate surface area is 163 Å². The van der Waals surface area contributed by atoms with Crippen LogP contribution in [0, 0.1) is 10.8 Å². The van der Waals surface area contributed by atoms with Gasteiger partial charge in [0.2, 0.25) is 0 Å². The first-order valence-corrected chi connectivity index (χ1v) is 11.2. The molecule has 0 saturated carbocycles. The zero-order chi connectivity index (χ0) is 20.3. The molecule has 0 amide bonds. The molecule has 0 atom stereocenters. The highest BCUT2D eigenvalue weighted by molar-refractivity contribution is 7.91. The molecule has 2 aliphatic rings. The first-order chi connectivity index (χ1) is 12.4. The van der Waals surface area contributed by atoms with E-state index < -0.39 is 22.4 Å². The smallest absolute Gasteiger partial charge is 0.179 e. The van der Waals surface area contributed by atoms with Gasteiger partial charge in [0.1, 0.15) is 0 Å². The van der Waals surface area contributed by atoms with Crippen LogP contribution in [0.4, 0.5) is 0 Å². The number of rotatable bonds is 6. The molecule has 0 bridgehead atoms. The molecule has 0 radical (unpaired) electrons. The first-order valence-electron chi connectivity index (χ1n) is 9.39. The van der Waals surface area contributed by atoms with Gasteiger partial charge < -0.3 is 18.9 Å². The van der Waals surface area contributed by atoms with Gasteiger partial charge in [0.25, 0.3) is 0 Å². The maximum atomic E-state index is 12.4. The molecule has 2 fully saturated rings. The zero-order valence-corrected chi connectivity index (χ0v) is 18.2. The molecular formula is C20H34O6S. The SMILES string of the molecule is C/C(=C\CS(=O)(=O)C/C=C(\C)C1OCC(C)(C)CO1)C1OCC(C)(C)CO1. The van der Waals surface area contributed by atoms with Gasteiger partial charge in [-0.15, -0.1) is 0 Å². The molecule has 2 rings (SSSR count). The van der Waals surface area contributed by atoms with Gasteiger partial charge in [-0.3, -0.25) is 0 Å². The van der Waals surface area contributed by atoms with Crippen molar-refractivity contribution in [3.63, 3.8) is 0 Å². The fourth-order valence-corrected chi connectivity index (χ4v) is 3.86. The Morgan fingerprint density at radius 3 is 1.37 bits per heavy atom. The van der Waals surface area contributed by atoms with Crippen LogP contribution in [0.3, 0.4) is 0 Å². The molecule has 27 heavy (non-hydrogen) atoms. The predicted octanol–water partition coefficient (Wildman–Crippen LogP) is 3.09. The minimum absolute atomic E-state index is 0.0103. The van der Waals surface area contributed by atoms with E-state index in [4.69, 9.17) is 18.9 Å². The van der Waals surface area contributed by atoms with Crippen LogP contribution in [0.1, 0.15) is 41.5 Å². The fraction of sp³-hybridized carbons (Fsp3) is 0.800. The standard InChI is InChI=1S/C20H34O6S/c1-15(17-23-11-19(3,4)12-24-17)7-9-27(21,22)10-8-16(2)18-25-13-20(5,6)14-26-18/h7-8,17-18H,9-14H2,1-6H3/b15-7+,16-8+. The van der Waals surface area contributed by atoms with E-state index in [1.54, 1.807) is 12.2 Å². The van der Waals surface area contributed by atoms with Crippen molar-refractivity contribution in [2.24, 2.45) is 10.8 Å². The van der Waals surface area contributed by atoms with E-state index in [9.17, 15) is 8.42 Å². The third-order valence-electron chi connectivity index (χ3n) is 4.56. The Morgan fingerprint density at radius 2 is 1.07 bits per heavy atom. The minimum Gasteiger partial charge on any atom is -0.348 e. The third-order valence-corrected chi connectivity index (χ3v) is 5.91. The van der Waals surface area contributed by atoms with Crippen LogP contribution >= 0.6 is 0 Å². The van der Waals surface area contributed by atoms with E-state index in [0.29, 0.717) is 26.4 Å². The van der Waals surface area contributed by atoms with E-state index in [1.165, 1.54) is 0 Å². The largest absolute Gasteiger partial charge is 0.348 e.